The minimum Gasteiger partial charge on any atom is -0.366 e. The average molecular weight is 260 g/mol. The Morgan fingerprint density at radius 2 is 2.36 bits per heavy atom. The van der Waals surface area contributed by atoms with Crippen LogP contribution in [-0.4, -0.2) is 4.98 Å². The van der Waals surface area contributed by atoms with Crippen LogP contribution in [0.2, 0.25) is 0 Å². The number of aromatic amines is 1. The molecule has 1 heterocycles. The van der Waals surface area contributed by atoms with E-state index in [1.54, 1.807) is 6.20 Å². The van der Waals surface area contributed by atoms with E-state index in [0.29, 0.717) is 9.99 Å². The summed E-state index contributed by atoms with van der Waals surface area (Å²) in [6.07, 6.45) is 3.04. The summed E-state index contributed by atoms with van der Waals surface area (Å²) in [7, 11) is 0. The molecule has 3 nitrogen and oxygen atoms in total. The lowest BCUT2D eigenvalue weighted by Gasteiger charge is -1.92. The first-order chi connectivity index (χ1) is 5.29. The Balaban J connectivity index is 3.36. The predicted molar refractivity (Wildman–Crippen MR) is 49.5 cm³/mol. The molecule has 0 atom stereocenters. The van der Waals surface area contributed by atoms with E-state index in [9.17, 15) is 4.79 Å². The van der Waals surface area contributed by atoms with Gasteiger partial charge in [0.25, 0.3) is 0 Å². The van der Waals surface area contributed by atoms with Crippen molar-refractivity contribution < 1.29 is 0 Å². The summed E-state index contributed by atoms with van der Waals surface area (Å²) in [6.45, 7) is 0. The molecule has 0 unspecified atom stereocenters. The highest BCUT2D eigenvalue weighted by molar-refractivity contribution is 14.1. The highest BCUT2D eigenvalue weighted by Crippen LogP contribution is 1.98. The van der Waals surface area contributed by atoms with Gasteiger partial charge in [0.05, 0.1) is 0 Å². The van der Waals surface area contributed by atoms with E-state index in [1.807, 2.05) is 6.07 Å². The summed E-state index contributed by atoms with van der Waals surface area (Å²) in [5, 5.41) is 8.47. The molecule has 1 rings (SSSR count). The molecular formula is C7H5IN2O. The fourth-order valence-electron chi connectivity index (χ4n) is 0.712. The summed E-state index contributed by atoms with van der Waals surface area (Å²) in [6, 6.07) is 1.82. The lowest BCUT2D eigenvalue weighted by molar-refractivity contribution is 1.21. The molecule has 56 valence electrons. The third-order valence-electron chi connectivity index (χ3n) is 1.29. The van der Waals surface area contributed by atoms with Crippen molar-refractivity contribution in [3.8, 4) is 6.07 Å². The first-order valence-corrected chi connectivity index (χ1v) is 4.48. The van der Waals surface area contributed by atoms with Gasteiger partial charge in [0.15, 0.2) is 0 Å². The van der Waals surface area contributed by atoms with Crippen LogP contribution in [-0.2, 0) is 4.43 Å². The molecule has 0 aliphatic rings. The van der Waals surface area contributed by atoms with Gasteiger partial charge in [-0.05, 0) is 0 Å². The number of aromatic nitrogens is 1. The van der Waals surface area contributed by atoms with Crippen molar-refractivity contribution in [2.75, 3.05) is 0 Å². The quantitative estimate of drug-likeness (QED) is 0.609. The number of nitriles is 1. The van der Waals surface area contributed by atoms with Gasteiger partial charge in [-0.15, -0.1) is 0 Å². The molecule has 0 amide bonds. The van der Waals surface area contributed by atoms with Crippen molar-refractivity contribution in [3.05, 3.63) is 33.7 Å². The summed E-state index contributed by atoms with van der Waals surface area (Å²) < 4.78 is 0.628. The molecule has 0 aliphatic carbocycles. The maximum absolute atomic E-state index is 11.2. The lowest BCUT2D eigenvalue weighted by Crippen LogP contribution is -2.10. The summed E-state index contributed by atoms with van der Waals surface area (Å²) in [4.78, 5) is 13.9. The third-order valence-corrected chi connectivity index (χ3v) is 2.11. The Kier molecular flexibility index (Phi) is 2.65. The first-order valence-electron chi connectivity index (χ1n) is 2.95. The van der Waals surface area contributed by atoms with Crippen molar-refractivity contribution in [3.63, 3.8) is 0 Å². The smallest absolute Gasteiger partial charge is 0.203 e. The van der Waals surface area contributed by atoms with Crippen molar-refractivity contribution in [1.82, 2.24) is 4.98 Å². The van der Waals surface area contributed by atoms with Crippen LogP contribution in [0.3, 0.4) is 0 Å². The van der Waals surface area contributed by atoms with E-state index >= 15 is 0 Å². The van der Waals surface area contributed by atoms with E-state index in [-0.39, 0.29) is 11.0 Å². The number of rotatable bonds is 1. The Morgan fingerprint density at radius 3 is 2.91 bits per heavy atom. The minimum atomic E-state index is -0.166. The lowest BCUT2D eigenvalue weighted by atomic mass is 10.2. The van der Waals surface area contributed by atoms with Gasteiger partial charge >= 0.3 is 0 Å². The van der Waals surface area contributed by atoms with Crippen LogP contribution < -0.4 is 5.43 Å². The van der Waals surface area contributed by atoms with E-state index in [1.165, 1.54) is 6.20 Å². The standard InChI is InChI=1S/C7H5IN2O/c8-1-5-3-10-4-6(2-9)7(5)11/h3-4H,1H2,(H,10,11). The Morgan fingerprint density at radius 1 is 1.64 bits per heavy atom. The van der Waals surface area contributed by atoms with E-state index in [2.05, 4.69) is 27.6 Å². The number of H-pyrrole nitrogens is 1. The van der Waals surface area contributed by atoms with Crippen LogP contribution >= 0.6 is 22.6 Å². The maximum atomic E-state index is 11.2. The summed E-state index contributed by atoms with van der Waals surface area (Å²) in [5.74, 6) is 0. The SMILES string of the molecule is N#Cc1c[nH]cc(CI)c1=O. The van der Waals surface area contributed by atoms with Crippen LogP contribution in [0.1, 0.15) is 11.1 Å². The molecule has 4 heteroatoms. The van der Waals surface area contributed by atoms with Gasteiger partial charge in [-0.25, -0.2) is 0 Å². The van der Waals surface area contributed by atoms with Gasteiger partial charge < -0.3 is 4.98 Å². The first kappa shape index (κ1) is 8.27. The highest BCUT2D eigenvalue weighted by Gasteiger charge is 2.01. The monoisotopic (exact) mass is 260 g/mol. The topological polar surface area (TPSA) is 56.6 Å². The molecule has 1 N–H and O–H groups in total. The minimum absolute atomic E-state index is 0.166. The van der Waals surface area contributed by atoms with Gasteiger partial charge in [0, 0.05) is 22.4 Å². The fraction of sp³-hybridized carbons (Fsp3) is 0.143. The van der Waals surface area contributed by atoms with Crippen molar-refractivity contribution in [2.24, 2.45) is 0 Å². The predicted octanol–water partition coefficient (Wildman–Crippen LogP) is 1.18. The number of hydrogen-bond acceptors (Lipinski definition) is 2. The Hall–Kier alpha value is -0.830. The maximum Gasteiger partial charge on any atom is 0.203 e. The van der Waals surface area contributed by atoms with Crippen LogP contribution in [0, 0.1) is 11.3 Å². The van der Waals surface area contributed by atoms with Gasteiger partial charge in [-0.3, -0.25) is 4.79 Å². The molecule has 0 saturated carbocycles. The van der Waals surface area contributed by atoms with Crippen LogP contribution in [0.25, 0.3) is 0 Å². The molecule has 0 aliphatic heterocycles. The van der Waals surface area contributed by atoms with Crippen LogP contribution in [0.15, 0.2) is 17.2 Å². The number of hydrogen-bond donors (Lipinski definition) is 1. The van der Waals surface area contributed by atoms with Gasteiger partial charge in [-0.1, -0.05) is 22.6 Å². The number of alkyl halides is 1. The number of halogens is 1. The van der Waals surface area contributed by atoms with E-state index in [0.717, 1.165) is 0 Å². The number of nitrogens with zero attached hydrogens (tertiary/aromatic N) is 1. The van der Waals surface area contributed by atoms with Gasteiger partial charge in [0.2, 0.25) is 5.43 Å². The van der Waals surface area contributed by atoms with Gasteiger partial charge in [-0.2, -0.15) is 5.26 Å². The second kappa shape index (κ2) is 3.53. The Bertz CT molecular complexity index is 350. The van der Waals surface area contributed by atoms with Crippen molar-refractivity contribution >= 4 is 22.6 Å². The third kappa shape index (κ3) is 1.60. The number of nitrogens with one attached hydrogen (secondary N) is 1. The van der Waals surface area contributed by atoms with E-state index < -0.39 is 0 Å². The molecule has 0 saturated heterocycles. The number of pyridine rings is 1. The molecule has 1 aromatic heterocycles. The normalized spacial score (nSPS) is 9.09. The van der Waals surface area contributed by atoms with E-state index in [4.69, 9.17) is 5.26 Å². The molecule has 0 aromatic carbocycles. The molecule has 0 spiro atoms. The molecule has 11 heavy (non-hydrogen) atoms. The Labute approximate surface area is 77.2 Å². The largest absolute Gasteiger partial charge is 0.366 e. The fourth-order valence-corrected chi connectivity index (χ4v) is 1.28. The van der Waals surface area contributed by atoms with Crippen LogP contribution in [0.4, 0.5) is 0 Å². The second-order valence-electron chi connectivity index (χ2n) is 1.97. The second-order valence-corrected chi connectivity index (χ2v) is 2.73. The zero-order valence-electron chi connectivity index (χ0n) is 5.60. The molecule has 0 radical (unpaired) electrons. The summed E-state index contributed by atoms with van der Waals surface area (Å²) in [5.41, 5.74) is 0.657. The zero-order chi connectivity index (χ0) is 8.27. The van der Waals surface area contributed by atoms with Crippen molar-refractivity contribution in [2.45, 2.75) is 4.43 Å². The van der Waals surface area contributed by atoms with Crippen LogP contribution in [0.5, 0.6) is 0 Å². The van der Waals surface area contributed by atoms with Crippen molar-refractivity contribution in [1.29, 1.82) is 5.26 Å². The molecular weight excluding hydrogens is 255 g/mol. The average Bonchev–Trinajstić information content (AvgIpc) is 2.05. The highest BCUT2D eigenvalue weighted by atomic mass is 127. The van der Waals surface area contributed by atoms with Gasteiger partial charge in [0.1, 0.15) is 11.6 Å². The molecule has 0 fully saturated rings. The molecule has 1 aromatic rings. The summed E-state index contributed by atoms with van der Waals surface area (Å²) >= 11 is 2.08. The zero-order valence-corrected chi connectivity index (χ0v) is 7.75. The molecule has 0 bridgehead atoms.